The van der Waals surface area contributed by atoms with E-state index in [0.29, 0.717) is 5.82 Å². The molecule has 6 heteroatoms. The molecule has 6 nitrogen and oxygen atoms in total. The fraction of sp³-hybridized carbons (Fsp3) is 0.0556. The van der Waals surface area contributed by atoms with Crippen molar-refractivity contribution in [3.05, 3.63) is 67.3 Å². The van der Waals surface area contributed by atoms with Crippen LogP contribution in [-0.4, -0.2) is 29.7 Å². The molecule has 4 aromatic heterocycles. The summed E-state index contributed by atoms with van der Waals surface area (Å²) >= 11 is 0. The van der Waals surface area contributed by atoms with Gasteiger partial charge in [0.05, 0.1) is 17.1 Å². The smallest absolute Gasteiger partial charge is 0.178 e. The Bertz CT molecular complexity index is 963. The summed E-state index contributed by atoms with van der Waals surface area (Å²) < 4.78 is 1.81. The summed E-state index contributed by atoms with van der Waals surface area (Å²) in [4.78, 5) is 17.4. The highest BCUT2D eigenvalue weighted by Gasteiger charge is 2.12. The monoisotopic (exact) mass is 314 g/mol. The lowest BCUT2D eigenvalue weighted by Gasteiger charge is -2.03. The Labute approximate surface area is 138 Å². The van der Waals surface area contributed by atoms with E-state index < -0.39 is 0 Å². The van der Waals surface area contributed by atoms with E-state index in [9.17, 15) is 0 Å². The maximum Gasteiger partial charge on any atom is 0.178 e. The summed E-state index contributed by atoms with van der Waals surface area (Å²) in [5.74, 6) is 0.595. The van der Waals surface area contributed by atoms with Gasteiger partial charge >= 0.3 is 0 Å². The van der Waals surface area contributed by atoms with Gasteiger partial charge in [0, 0.05) is 37.4 Å². The van der Waals surface area contributed by atoms with Crippen LogP contribution in [0, 0.1) is 0 Å². The first-order valence-corrected chi connectivity index (χ1v) is 7.50. The molecule has 24 heavy (non-hydrogen) atoms. The quantitative estimate of drug-likeness (QED) is 0.581. The topological polar surface area (TPSA) is 69.4 Å². The van der Waals surface area contributed by atoms with Gasteiger partial charge < -0.3 is 0 Å². The zero-order chi connectivity index (χ0) is 16.4. The third-order valence-electron chi connectivity index (χ3n) is 3.65. The Kier molecular flexibility index (Phi) is 3.55. The third-order valence-corrected chi connectivity index (χ3v) is 3.65. The summed E-state index contributed by atoms with van der Waals surface area (Å²) in [5, 5.41) is 4.56. The van der Waals surface area contributed by atoms with Gasteiger partial charge in [0.15, 0.2) is 5.82 Å². The molecule has 0 unspecified atom stereocenters. The van der Waals surface area contributed by atoms with Crippen LogP contribution in [-0.2, 0) is 7.05 Å². The molecule has 0 N–H and O–H groups in total. The average molecular weight is 314 g/mol. The largest absolute Gasteiger partial charge is 0.266 e. The number of rotatable bonds is 3. The number of nitrogens with zero attached hydrogens (tertiary/aromatic N) is 6. The summed E-state index contributed by atoms with van der Waals surface area (Å²) in [5.41, 5.74) is 4.29. The van der Waals surface area contributed by atoms with Crippen molar-refractivity contribution < 1.29 is 0 Å². The van der Waals surface area contributed by atoms with Crippen LogP contribution in [0.15, 0.2) is 67.3 Å². The van der Waals surface area contributed by atoms with Crippen molar-refractivity contribution in [2.24, 2.45) is 7.05 Å². The van der Waals surface area contributed by atoms with Gasteiger partial charge in [-0.15, -0.1) is 0 Å². The first-order valence-electron chi connectivity index (χ1n) is 7.50. The highest BCUT2D eigenvalue weighted by molar-refractivity contribution is 5.67. The van der Waals surface area contributed by atoms with Crippen molar-refractivity contribution in [3.8, 4) is 34.2 Å². The standard InChI is InChI=1S/C18H14N6/c1-24-17(11-16(23-24)13-5-4-8-19-12-13)14-7-10-21-18(22-14)15-6-2-3-9-20-15/h2-12H,1H3. The van der Waals surface area contributed by atoms with E-state index in [-0.39, 0.29) is 0 Å². The molecule has 0 bridgehead atoms. The Balaban J connectivity index is 1.76. The predicted molar refractivity (Wildman–Crippen MR) is 90.7 cm³/mol. The molecule has 0 aliphatic carbocycles. The van der Waals surface area contributed by atoms with Crippen molar-refractivity contribution in [1.82, 2.24) is 29.7 Å². The number of hydrogen-bond donors (Lipinski definition) is 0. The average Bonchev–Trinajstić information content (AvgIpc) is 3.05. The summed E-state index contributed by atoms with van der Waals surface area (Å²) in [6.07, 6.45) is 7.02. The minimum Gasteiger partial charge on any atom is -0.266 e. The molecule has 0 fully saturated rings. The summed E-state index contributed by atoms with van der Waals surface area (Å²) in [6.45, 7) is 0. The predicted octanol–water partition coefficient (Wildman–Crippen LogP) is 3.00. The van der Waals surface area contributed by atoms with Crippen LogP contribution in [0.4, 0.5) is 0 Å². The van der Waals surface area contributed by atoms with Crippen molar-refractivity contribution in [1.29, 1.82) is 0 Å². The normalized spacial score (nSPS) is 10.7. The van der Waals surface area contributed by atoms with E-state index in [1.54, 1.807) is 24.8 Å². The van der Waals surface area contributed by atoms with Gasteiger partial charge in [-0.2, -0.15) is 5.10 Å². The van der Waals surface area contributed by atoms with Gasteiger partial charge in [0.25, 0.3) is 0 Å². The van der Waals surface area contributed by atoms with Crippen LogP contribution >= 0.6 is 0 Å². The molecule has 0 aliphatic rings. The van der Waals surface area contributed by atoms with Gasteiger partial charge in [-0.3, -0.25) is 14.6 Å². The van der Waals surface area contributed by atoms with Crippen molar-refractivity contribution in [2.75, 3.05) is 0 Å². The Morgan fingerprint density at radius 2 is 1.79 bits per heavy atom. The lowest BCUT2D eigenvalue weighted by molar-refractivity contribution is 0.776. The first kappa shape index (κ1) is 14.2. The van der Waals surface area contributed by atoms with Crippen LogP contribution in [0.2, 0.25) is 0 Å². The highest BCUT2D eigenvalue weighted by Crippen LogP contribution is 2.24. The molecule has 4 aromatic rings. The van der Waals surface area contributed by atoms with Gasteiger partial charge in [-0.05, 0) is 36.4 Å². The van der Waals surface area contributed by atoms with Gasteiger partial charge in [0.1, 0.15) is 5.69 Å². The van der Waals surface area contributed by atoms with Gasteiger partial charge in [-0.25, -0.2) is 9.97 Å². The van der Waals surface area contributed by atoms with Crippen molar-refractivity contribution >= 4 is 0 Å². The highest BCUT2D eigenvalue weighted by atomic mass is 15.3. The Morgan fingerprint density at radius 3 is 2.58 bits per heavy atom. The van der Waals surface area contributed by atoms with Crippen LogP contribution in [0.25, 0.3) is 34.2 Å². The lowest BCUT2D eigenvalue weighted by Crippen LogP contribution is -1.98. The van der Waals surface area contributed by atoms with Crippen molar-refractivity contribution in [3.63, 3.8) is 0 Å². The molecule has 0 atom stereocenters. The van der Waals surface area contributed by atoms with E-state index >= 15 is 0 Å². The van der Waals surface area contributed by atoms with E-state index in [4.69, 9.17) is 0 Å². The molecule has 4 heterocycles. The molecule has 0 amide bonds. The van der Waals surface area contributed by atoms with E-state index in [2.05, 4.69) is 25.0 Å². The molecule has 0 aliphatic heterocycles. The number of pyridine rings is 2. The van der Waals surface area contributed by atoms with Crippen LogP contribution < -0.4 is 0 Å². The zero-order valence-electron chi connectivity index (χ0n) is 13.0. The third kappa shape index (κ3) is 2.65. The minimum absolute atomic E-state index is 0.595. The maximum atomic E-state index is 4.63. The number of aromatic nitrogens is 6. The number of hydrogen-bond acceptors (Lipinski definition) is 5. The molecule has 0 aromatic carbocycles. The second-order valence-corrected chi connectivity index (χ2v) is 5.26. The van der Waals surface area contributed by atoms with Gasteiger partial charge in [0.2, 0.25) is 0 Å². The van der Waals surface area contributed by atoms with Crippen LogP contribution in [0.5, 0.6) is 0 Å². The van der Waals surface area contributed by atoms with Crippen LogP contribution in [0.1, 0.15) is 0 Å². The molecular weight excluding hydrogens is 300 g/mol. The molecule has 4 rings (SSSR count). The van der Waals surface area contributed by atoms with E-state index in [0.717, 1.165) is 28.3 Å². The molecule has 0 saturated heterocycles. The molecule has 0 spiro atoms. The molecule has 116 valence electrons. The summed E-state index contributed by atoms with van der Waals surface area (Å²) in [7, 11) is 1.90. The Hall–Kier alpha value is -3.41. The lowest BCUT2D eigenvalue weighted by atomic mass is 10.2. The molecular formula is C18H14N6. The zero-order valence-corrected chi connectivity index (χ0v) is 13.0. The minimum atomic E-state index is 0.595. The second kappa shape index (κ2) is 6.00. The first-order chi connectivity index (χ1) is 11.8. The van der Waals surface area contributed by atoms with E-state index in [1.165, 1.54) is 0 Å². The Morgan fingerprint density at radius 1 is 0.833 bits per heavy atom. The fourth-order valence-corrected chi connectivity index (χ4v) is 2.48. The summed E-state index contributed by atoms with van der Waals surface area (Å²) in [6, 6.07) is 13.4. The molecule has 0 radical (unpaired) electrons. The fourth-order valence-electron chi connectivity index (χ4n) is 2.48. The molecule has 0 saturated carbocycles. The van der Waals surface area contributed by atoms with E-state index in [1.807, 2.05) is 54.2 Å². The SMILES string of the molecule is Cn1nc(-c2cccnc2)cc1-c1ccnc(-c2ccccn2)n1. The van der Waals surface area contributed by atoms with Gasteiger partial charge in [-0.1, -0.05) is 6.07 Å². The van der Waals surface area contributed by atoms with Crippen LogP contribution in [0.3, 0.4) is 0 Å². The van der Waals surface area contributed by atoms with Crippen molar-refractivity contribution in [2.45, 2.75) is 0 Å². The number of aryl methyl sites for hydroxylation is 1. The second-order valence-electron chi connectivity index (χ2n) is 5.26. The maximum absolute atomic E-state index is 4.63.